The second-order valence-electron chi connectivity index (χ2n) is 8.78. The molecule has 0 saturated carbocycles. The summed E-state index contributed by atoms with van der Waals surface area (Å²) in [5.41, 5.74) is 4.34. The number of carbonyl (C=O) groups excluding carboxylic acids is 2. The van der Waals surface area contributed by atoms with Crippen molar-refractivity contribution in [3.63, 3.8) is 0 Å². The van der Waals surface area contributed by atoms with E-state index in [0.29, 0.717) is 6.42 Å². The zero-order chi connectivity index (χ0) is 26.4. The number of hydrogen-bond acceptors (Lipinski definition) is 8. The SMILES string of the molecule is CCOC(=O)OCC(C)COC(=O)CC[C@@H]1N=C(c2ccccn2)c2cc(Br)ccc2-n2c(C)cnc21. The summed E-state index contributed by atoms with van der Waals surface area (Å²) in [4.78, 5) is 38.2. The summed E-state index contributed by atoms with van der Waals surface area (Å²) in [5.74, 6) is 0.252. The molecule has 1 aliphatic rings. The minimum absolute atomic E-state index is 0.108. The largest absolute Gasteiger partial charge is 0.508 e. The Morgan fingerprint density at radius 1 is 1.11 bits per heavy atom. The Labute approximate surface area is 224 Å². The van der Waals surface area contributed by atoms with Gasteiger partial charge in [0.15, 0.2) is 0 Å². The number of halogens is 1. The molecule has 194 valence electrons. The van der Waals surface area contributed by atoms with Crippen molar-refractivity contribution >= 4 is 33.8 Å². The number of rotatable bonds is 9. The molecule has 0 bridgehead atoms. The predicted octanol–water partition coefficient (Wildman–Crippen LogP) is 5.36. The van der Waals surface area contributed by atoms with E-state index in [4.69, 9.17) is 19.2 Å². The standard InChI is InChI=1S/C27H29BrN4O5/c1-4-35-27(34)37-16-17(2)15-36-24(33)11-9-22-26-30-14-18(3)32(26)23-10-8-19(28)13-20(23)25(31-22)21-7-5-6-12-29-21/h5-8,10,12-14,17,22H,4,9,11,15-16H2,1-3H3/t17?,22-/m0/s1. The molecule has 0 aliphatic carbocycles. The van der Waals surface area contributed by atoms with E-state index in [-0.39, 0.29) is 44.2 Å². The number of aromatic nitrogens is 3. The summed E-state index contributed by atoms with van der Waals surface area (Å²) in [5, 5.41) is 0. The molecule has 0 N–H and O–H groups in total. The van der Waals surface area contributed by atoms with E-state index in [2.05, 4.69) is 30.5 Å². The maximum absolute atomic E-state index is 12.6. The van der Waals surface area contributed by atoms with Crippen LogP contribution in [0.2, 0.25) is 0 Å². The second kappa shape index (κ2) is 12.1. The minimum Gasteiger partial charge on any atom is -0.465 e. The van der Waals surface area contributed by atoms with E-state index < -0.39 is 6.16 Å². The normalized spacial score (nSPS) is 15.0. The maximum atomic E-state index is 12.6. The molecule has 0 amide bonds. The van der Waals surface area contributed by atoms with E-state index in [0.717, 1.165) is 38.6 Å². The van der Waals surface area contributed by atoms with Crippen molar-refractivity contribution in [1.29, 1.82) is 0 Å². The average molecular weight is 569 g/mol. The summed E-state index contributed by atoms with van der Waals surface area (Å²) >= 11 is 3.59. The van der Waals surface area contributed by atoms with Gasteiger partial charge in [-0.2, -0.15) is 0 Å². The summed E-state index contributed by atoms with van der Waals surface area (Å²) in [6.07, 6.45) is 3.40. The highest BCUT2D eigenvalue weighted by molar-refractivity contribution is 9.10. The van der Waals surface area contributed by atoms with Crippen molar-refractivity contribution in [3.05, 3.63) is 76.0 Å². The Balaban J connectivity index is 1.52. The molecular formula is C27H29BrN4O5. The number of benzene rings is 1. The fourth-order valence-electron chi connectivity index (χ4n) is 4.06. The van der Waals surface area contributed by atoms with Crippen LogP contribution in [-0.4, -0.2) is 52.2 Å². The number of aryl methyl sites for hydroxylation is 1. The van der Waals surface area contributed by atoms with E-state index in [1.807, 2.05) is 56.4 Å². The first kappa shape index (κ1) is 26.5. The lowest BCUT2D eigenvalue weighted by atomic mass is 10.0. The third-order valence-corrected chi connectivity index (χ3v) is 6.30. The minimum atomic E-state index is -0.727. The van der Waals surface area contributed by atoms with Crippen molar-refractivity contribution < 1.29 is 23.8 Å². The monoisotopic (exact) mass is 568 g/mol. The van der Waals surface area contributed by atoms with Crippen molar-refractivity contribution in [1.82, 2.24) is 14.5 Å². The van der Waals surface area contributed by atoms with E-state index >= 15 is 0 Å². The van der Waals surface area contributed by atoms with Crippen molar-refractivity contribution in [2.24, 2.45) is 10.9 Å². The van der Waals surface area contributed by atoms with Crippen LogP contribution in [0.1, 0.15) is 55.5 Å². The first-order valence-electron chi connectivity index (χ1n) is 12.2. The smallest absolute Gasteiger partial charge is 0.465 e. The summed E-state index contributed by atoms with van der Waals surface area (Å²) < 4.78 is 18.2. The molecule has 0 spiro atoms. The number of carbonyl (C=O) groups is 2. The van der Waals surface area contributed by atoms with Crippen molar-refractivity contribution in [2.75, 3.05) is 19.8 Å². The van der Waals surface area contributed by atoms with Crippen LogP contribution >= 0.6 is 15.9 Å². The van der Waals surface area contributed by atoms with E-state index in [9.17, 15) is 9.59 Å². The molecule has 10 heteroatoms. The Bertz CT molecular complexity index is 1290. The zero-order valence-electron chi connectivity index (χ0n) is 21.0. The molecule has 0 radical (unpaired) electrons. The molecule has 1 aromatic carbocycles. The lowest BCUT2D eigenvalue weighted by molar-refractivity contribution is -0.145. The molecule has 1 aliphatic heterocycles. The van der Waals surface area contributed by atoms with Gasteiger partial charge in [-0.05, 0) is 50.6 Å². The average Bonchev–Trinajstić information content (AvgIpc) is 3.21. The summed E-state index contributed by atoms with van der Waals surface area (Å²) in [6.45, 7) is 6.02. The van der Waals surface area contributed by atoms with E-state index in [1.165, 1.54) is 0 Å². The number of aliphatic imine (C=N–C) groups is 1. The van der Waals surface area contributed by atoms with Crippen LogP contribution in [0.15, 0.2) is 58.3 Å². The second-order valence-corrected chi connectivity index (χ2v) is 9.70. The van der Waals surface area contributed by atoms with Gasteiger partial charge in [-0.3, -0.25) is 19.3 Å². The fourth-order valence-corrected chi connectivity index (χ4v) is 4.42. The Hall–Kier alpha value is -3.53. The number of esters is 1. The molecule has 9 nitrogen and oxygen atoms in total. The highest BCUT2D eigenvalue weighted by Crippen LogP contribution is 2.34. The fraction of sp³-hybridized carbons (Fsp3) is 0.370. The van der Waals surface area contributed by atoms with Crippen molar-refractivity contribution in [3.8, 4) is 5.69 Å². The Kier molecular flexibility index (Phi) is 8.70. The molecule has 4 rings (SSSR count). The molecule has 3 aromatic rings. The van der Waals surface area contributed by atoms with Gasteiger partial charge in [-0.25, -0.2) is 9.78 Å². The number of nitrogens with zero attached hydrogens (tertiary/aromatic N) is 4. The Morgan fingerprint density at radius 2 is 1.92 bits per heavy atom. The van der Waals surface area contributed by atoms with Crippen LogP contribution in [0.5, 0.6) is 0 Å². The summed E-state index contributed by atoms with van der Waals surface area (Å²) in [7, 11) is 0. The van der Waals surface area contributed by atoms with Gasteiger partial charge in [0.1, 0.15) is 18.5 Å². The number of ether oxygens (including phenoxy) is 3. The van der Waals surface area contributed by atoms with Crippen LogP contribution < -0.4 is 0 Å². The predicted molar refractivity (Wildman–Crippen MR) is 141 cm³/mol. The lowest BCUT2D eigenvalue weighted by Gasteiger charge is -2.15. The quantitative estimate of drug-likeness (QED) is 0.320. The number of pyridine rings is 1. The number of fused-ring (bicyclic) bond motifs is 3. The molecule has 1 unspecified atom stereocenters. The number of hydrogen-bond donors (Lipinski definition) is 0. The first-order chi connectivity index (χ1) is 17.9. The van der Waals surface area contributed by atoms with Crippen LogP contribution in [0.25, 0.3) is 5.69 Å². The van der Waals surface area contributed by atoms with Gasteiger partial charge in [0, 0.05) is 40.5 Å². The molecule has 0 fully saturated rings. The highest BCUT2D eigenvalue weighted by atomic mass is 79.9. The Morgan fingerprint density at radius 3 is 2.68 bits per heavy atom. The van der Waals surface area contributed by atoms with Crippen LogP contribution in [-0.2, 0) is 19.0 Å². The molecular weight excluding hydrogens is 540 g/mol. The van der Waals surface area contributed by atoms with Crippen molar-refractivity contribution in [2.45, 2.75) is 39.7 Å². The van der Waals surface area contributed by atoms with Gasteiger partial charge in [-0.15, -0.1) is 0 Å². The van der Waals surface area contributed by atoms with Gasteiger partial charge < -0.3 is 14.2 Å². The summed E-state index contributed by atoms with van der Waals surface area (Å²) in [6, 6.07) is 11.4. The highest BCUT2D eigenvalue weighted by Gasteiger charge is 2.28. The number of imidazole rings is 1. The molecule has 2 atom stereocenters. The van der Waals surface area contributed by atoms with Crippen LogP contribution in [0.4, 0.5) is 4.79 Å². The van der Waals surface area contributed by atoms with Gasteiger partial charge in [0.05, 0.1) is 30.3 Å². The molecule has 2 aromatic heterocycles. The van der Waals surface area contributed by atoms with Gasteiger partial charge in [-0.1, -0.05) is 28.9 Å². The maximum Gasteiger partial charge on any atom is 0.508 e. The van der Waals surface area contributed by atoms with Gasteiger partial charge in [0.25, 0.3) is 0 Å². The molecule has 0 saturated heterocycles. The first-order valence-corrected chi connectivity index (χ1v) is 13.0. The lowest BCUT2D eigenvalue weighted by Crippen LogP contribution is -2.19. The van der Waals surface area contributed by atoms with E-state index in [1.54, 1.807) is 13.1 Å². The van der Waals surface area contributed by atoms with Gasteiger partial charge in [0.2, 0.25) is 0 Å². The van der Waals surface area contributed by atoms with Crippen LogP contribution in [0.3, 0.4) is 0 Å². The third kappa shape index (κ3) is 6.43. The topological polar surface area (TPSA) is 105 Å². The van der Waals surface area contributed by atoms with Gasteiger partial charge >= 0.3 is 12.1 Å². The van der Waals surface area contributed by atoms with Crippen LogP contribution in [0, 0.1) is 12.8 Å². The molecule has 37 heavy (non-hydrogen) atoms. The third-order valence-electron chi connectivity index (χ3n) is 5.81. The molecule has 3 heterocycles. The zero-order valence-corrected chi connectivity index (χ0v) is 22.6.